The molecule has 0 saturated carbocycles. The number of benzene rings is 3. The summed E-state index contributed by atoms with van der Waals surface area (Å²) in [6, 6.07) is 22.9. The number of nitrogens with one attached hydrogen (secondary N) is 2. The summed E-state index contributed by atoms with van der Waals surface area (Å²) >= 11 is 5.83. The van der Waals surface area contributed by atoms with Crippen molar-refractivity contribution in [3.05, 3.63) is 95.0 Å². The smallest absolute Gasteiger partial charge is 0.258 e. The first-order valence-corrected chi connectivity index (χ1v) is 9.53. The summed E-state index contributed by atoms with van der Waals surface area (Å²) in [5, 5.41) is 6.36. The van der Waals surface area contributed by atoms with Crippen LogP contribution in [0.5, 0.6) is 5.75 Å². The number of hydrogen-bond donors (Lipinski definition) is 2. The number of carbonyl (C=O) groups excluding carboxylic acids is 2. The molecule has 5 nitrogen and oxygen atoms in total. The van der Waals surface area contributed by atoms with Gasteiger partial charge in [0.1, 0.15) is 5.75 Å². The topological polar surface area (TPSA) is 67.4 Å². The zero-order valence-electron chi connectivity index (χ0n) is 15.9. The van der Waals surface area contributed by atoms with Crippen molar-refractivity contribution in [2.75, 3.05) is 11.9 Å². The molecule has 29 heavy (non-hydrogen) atoms. The van der Waals surface area contributed by atoms with Crippen molar-refractivity contribution in [1.29, 1.82) is 0 Å². The van der Waals surface area contributed by atoms with Gasteiger partial charge < -0.3 is 15.4 Å². The SMILES string of the molecule is CC(NC(=O)COc1ccc(Cl)cc1)c1cccc(NC(=O)c2ccccc2)c1. The average Bonchev–Trinajstić information content (AvgIpc) is 2.74. The first-order valence-electron chi connectivity index (χ1n) is 9.15. The van der Waals surface area contributed by atoms with Crippen LogP contribution in [-0.4, -0.2) is 18.4 Å². The van der Waals surface area contributed by atoms with Gasteiger partial charge in [-0.1, -0.05) is 41.9 Å². The molecule has 0 saturated heterocycles. The van der Waals surface area contributed by atoms with Crippen molar-refractivity contribution in [1.82, 2.24) is 5.32 Å². The Morgan fingerprint density at radius 1 is 0.966 bits per heavy atom. The minimum Gasteiger partial charge on any atom is -0.484 e. The molecule has 3 aromatic carbocycles. The van der Waals surface area contributed by atoms with E-state index in [2.05, 4.69) is 10.6 Å². The summed E-state index contributed by atoms with van der Waals surface area (Å²) in [4.78, 5) is 24.5. The second kappa shape index (κ2) is 9.75. The van der Waals surface area contributed by atoms with Crippen molar-refractivity contribution in [3.63, 3.8) is 0 Å². The largest absolute Gasteiger partial charge is 0.484 e. The Kier molecular flexibility index (Phi) is 6.87. The van der Waals surface area contributed by atoms with Crippen LogP contribution in [0.2, 0.25) is 5.02 Å². The second-order valence-electron chi connectivity index (χ2n) is 6.48. The van der Waals surface area contributed by atoms with E-state index in [4.69, 9.17) is 16.3 Å². The molecule has 6 heteroatoms. The van der Waals surface area contributed by atoms with Crippen LogP contribution in [0.25, 0.3) is 0 Å². The molecule has 3 rings (SSSR count). The fraction of sp³-hybridized carbons (Fsp3) is 0.130. The Hall–Kier alpha value is -3.31. The lowest BCUT2D eigenvalue weighted by molar-refractivity contribution is -0.123. The first-order chi connectivity index (χ1) is 14.0. The van der Waals surface area contributed by atoms with Crippen LogP contribution in [0.3, 0.4) is 0 Å². The first kappa shape index (κ1) is 20.4. The standard InChI is InChI=1S/C23H21ClN2O3/c1-16(25-22(27)15-29-21-12-10-19(24)11-13-21)18-8-5-9-20(14-18)26-23(28)17-6-3-2-4-7-17/h2-14,16H,15H2,1H3,(H,25,27)(H,26,28). The molecule has 0 bridgehead atoms. The molecular formula is C23H21ClN2O3. The van der Waals surface area contributed by atoms with Crippen molar-refractivity contribution in [2.24, 2.45) is 0 Å². The molecular weight excluding hydrogens is 388 g/mol. The van der Waals surface area contributed by atoms with Crippen LogP contribution in [0.15, 0.2) is 78.9 Å². The van der Waals surface area contributed by atoms with Crippen LogP contribution >= 0.6 is 11.6 Å². The fourth-order valence-corrected chi connectivity index (χ4v) is 2.85. The van der Waals surface area contributed by atoms with E-state index in [1.807, 2.05) is 49.4 Å². The van der Waals surface area contributed by atoms with Crippen LogP contribution in [0.1, 0.15) is 28.9 Å². The Balaban J connectivity index is 1.55. The third kappa shape index (κ3) is 6.09. The molecule has 0 heterocycles. The lowest BCUT2D eigenvalue weighted by atomic mass is 10.1. The zero-order valence-corrected chi connectivity index (χ0v) is 16.6. The highest BCUT2D eigenvalue weighted by Crippen LogP contribution is 2.19. The summed E-state index contributed by atoms with van der Waals surface area (Å²) in [5.74, 6) is 0.143. The molecule has 1 atom stereocenters. The lowest BCUT2D eigenvalue weighted by Gasteiger charge is -2.16. The third-order valence-corrected chi connectivity index (χ3v) is 4.49. The van der Waals surface area contributed by atoms with Gasteiger partial charge in [0.05, 0.1) is 6.04 Å². The van der Waals surface area contributed by atoms with E-state index in [1.54, 1.807) is 36.4 Å². The molecule has 2 N–H and O–H groups in total. The highest BCUT2D eigenvalue weighted by Gasteiger charge is 2.12. The number of halogens is 1. The molecule has 0 fully saturated rings. The van der Waals surface area contributed by atoms with Gasteiger partial charge >= 0.3 is 0 Å². The zero-order chi connectivity index (χ0) is 20.6. The minimum absolute atomic E-state index is 0.101. The van der Waals surface area contributed by atoms with Gasteiger partial charge in [0.25, 0.3) is 11.8 Å². The molecule has 0 aliphatic rings. The number of amides is 2. The van der Waals surface area contributed by atoms with E-state index < -0.39 is 0 Å². The number of ether oxygens (including phenoxy) is 1. The summed E-state index contributed by atoms with van der Waals surface area (Å²) in [5.41, 5.74) is 2.11. The minimum atomic E-state index is -0.245. The molecule has 1 unspecified atom stereocenters. The maximum Gasteiger partial charge on any atom is 0.258 e. The van der Waals surface area contributed by atoms with Gasteiger partial charge in [-0.05, 0) is 61.0 Å². The van der Waals surface area contributed by atoms with E-state index >= 15 is 0 Å². The van der Waals surface area contributed by atoms with E-state index in [-0.39, 0.29) is 24.5 Å². The van der Waals surface area contributed by atoms with Crippen LogP contribution in [0, 0.1) is 0 Å². The van der Waals surface area contributed by atoms with Gasteiger partial charge in [0.15, 0.2) is 6.61 Å². The van der Waals surface area contributed by atoms with Gasteiger partial charge in [0.2, 0.25) is 0 Å². The normalized spacial score (nSPS) is 11.4. The number of hydrogen-bond acceptors (Lipinski definition) is 3. The third-order valence-electron chi connectivity index (χ3n) is 4.24. The number of carbonyl (C=O) groups is 2. The van der Waals surface area contributed by atoms with Gasteiger partial charge in [-0.15, -0.1) is 0 Å². The molecule has 0 aliphatic carbocycles. The predicted molar refractivity (Wildman–Crippen MR) is 114 cm³/mol. The molecule has 0 radical (unpaired) electrons. The fourth-order valence-electron chi connectivity index (χ4n) is 2.72. The van der Waals surface area contributed by atoms with E-state index in [0.717, 1.165) is 5.56 Å². The maximum atomic E-state index is 12.3. The summed E-state index contributed by atoms with van der Waals surface area (Å²) in [7, 11) is 0. The van der Waals surface area contributed by atoms with E-state index in [1.165, 1.54) is 0 Å². The quantitative estimate of drug-likeness (QED) is 0.587. The molecule has 0 aromatic heterocycles. The van der Waals surface area contributed by atoms with E-state index in [0.29, 0.717) is 22.0 Å². The highest BCUT2D eigenvalue weighted by atomic mass is 35.5. The van der Waals surface area contributed by atoms with Crippen molar-refractivity contribution < 1.29 is 14.3 Å². The number of anilines is 1. The van der Waals surface area contributed by atoms with E-state index in [9.17, 15) is 9.59 Å². The molecule has 0 aliphatic heterocycles. The van der Waals surface area contributed by atoms with Gasteiger partial charge in [-0.2, -0.15) is 0 Å². The molecule has 2 amide bonds. The van der Waals surface area contributed by atoms with Gasteiger partial charge in [-0.25, -0.2) is 0 Å². The Morgan fingerprint density at radius 2 is 1.69 bits per heavy atom. The van der Waals surface area contributed by atoms with Gasteiger partial charge in [0, 0.05) is 16.3 Å². The van der Waals surface area contributed by atoms with Gasteiger partial charge in [-0.3, -0.25) is 9.59 Å². The summed E-state index contributed by atoms with van der Waals surface area (Å²) in [6.45, 7) is 1.77. The van der Waals surface area contributed by atoms with Crippen LogP contribution < -0.4 is 15.4 Å². The van der Waals surface area contributed by atoms with Crippen molar-refractivity contribution in [2.45, 2.75) is 13.0 Å². The molecule has 3 aromatic rings. The maximum absolute atomic E-state index is 12.3. The predicted octanol–water partition coefficient (Wildman–Crippen LogP) is 4.85. The van der Waals surface area contributed by atoms with Crippen molar-refractivity contribution >= 4 is 29.1 Å². The van der Waals surface area contributed by atoms with Crippen molar-refractivity contribution in [3.8, 4) is 5.75 Å². The highest BCUT2D eigenvalue weighted by molar-refractivity contribution is 6.30. The Bertz CT molecular complexity index is 975. The lowest BCUT2D eigenvalue weighted by Crippen LogP contribution is -2.31. The second-order valence-corrected chi connectivity index (χ2v) is 6.91. The Labute approximate surface area is 174 Å². The van der Waals surface area contributed by atoms with Crippen LogP contribution in [0.4, 0.5) is 5.69 Å². The monoisotopic (exact) mass is 408 g/mol. The summed E-state index contributed by atoms with van der Waals surface area (Å²) in [6.07, 6.45) is 0. The number of rotatable bonds is 7. The Morgan fingerprint density at radius 3 is 2.41 bits per heavy atom. The molecule has 0 spiro atoms. The van der Waals surface area contributed by atoms with Crippen LogP contribution in [-0.2, 0) is 4.79 Å². The molecule has 148 valence electrons. The average molecular weight is 409 g/mol. The summed E-state index contributed by atoms with van der Waals surface area (Å²) < 4.78 is 5.46.